The molecule has 2 unspecified atom stereocenters. The van der Waals surface area contributed by atoms with Gasteiger partial charge in [0.2, 0.25) is 0 Å². The third kappa shape index (κ3) is 2.12. The third-order valence-electron chi connectivity index (χ3n) is 4.08. The summed E-state index contributed by atoms with van der Waals surface area (Å²) in [5.41, 5.74) is 0.584. The Bertz CT molecular complexity index is 446. The van der Waals surface area contributed by atoms with Gasteiger partial charge in [0.15, 0.2) is 0 Å². The van der Waals surface area contributed by atoms with Crippen molar-refractivity contribution in [2.75, 3.05) is 26.2 Å². The van der Waals surface area contributed by atoms with Gasteiger partial charge >= 0.3 is 0 Å². The molecule has 1 aromatic carbocycles. The van der Waals surface area contributed by atoms with Crippen LogP contribution in [-0.2, 0) is 0 Å². The summed E-state index contributed by atoms with van der Waals surface area (Å²) in [6.45, 7) is 3.74. The van der Waals surface area contributed by atoms with Gasteiger partial charge in [-0.2, -0.15) is 0 Å². The van der Waals surface area contributed by atoms with Gasteiger partial charge in [0, 0.05) is 18.7 Å². The van der Waals surface area contributed by atoms with E-state index in [9.17, 15) is 9.18 Å². The first-order chi connectivity index (χ1) is 8.74. The number of carbonyl (C=O) groups is 1. The lowest BCUT2D eigenvalue weighted by Gasteiger charge is -2.34. The predicted molar refractivity (Wildman–Crippen MR) is 66.8 cm³/mol. The molecule has 3 rings (SSSR count). The van der Waals surface area contributed by atoms with Gasteiger partial charge in [-0.3, -0.25) is 4.79 Å². The number of carbonyl (C=O) groups excluding carboxylic acids is 1. The Hall–Kier alpha value is -1.42. The fraction of sp³-hybridized carbons (Fsp3) is 0.500. The summed E-state index contributed by atoms with van der Waals surface area (Å²) in [6, 6.07) is 5.82. The van der Waals surface area contributed by atoms with Gasteiger partial charge in [0.1, 0.15) is 5.82 Å². The molecule has 2 heterocycles. The molecule has 1 amide bonds. The lowest BCUT2D eigenvalue weighted by molar-refractivity contribution is 0.0642. The van der Waals surface area contributed by atoms with Crippen LogP contribution in [0, 0.1) is 17.7 Å². The van der Waals surface area contributed by atoms with Gasteiger partial charge in [0.25, 0.3) is 5.91 Å². The highest BCUT2D eigenvalue weighted by molar-refractivity contribution is 5.94. The zero-order valence-corrected chi connectivity index (χ0v) is 10.2. The van der Waals surface area contributed by atoms with Gasteiger partial charge in [0.05, 0.1) is 0 Å². The number of halogens is 1. The minimum Gasteiger partial charge on any atom is -0.338 e. The summed E-state index contributed by atoms with van der Waals surface area (Å²) < 4.78 is 12.8. The van der Waals surface area contributed by atoms with E-state index in [-0.39, 0.29) is 11.7 Å². The number of hydrogen-bond acceptors (Lipinski definition) is 2. The number of amides is 1. The molecule has 0 radical (unpaired) electrons. The molecule has 96 valence electrons. The minimum atomic E-state index is -0.301. The number of fused-ring (bicyclic) bond motifs is 1. The van der Waals surface area contributed by atoms with Crippen LogP contribution in [0.4, 0.5) is 4.39 Å². The quantitative estimate of drug-likeness (QED) is 0.817. The molecule has 0 aliphatic carbocycles. The van der Waals surface area contributed by atoms with Crippen molar-refractivity contribution in [2.24, 2.45) is 11.8 Å². The monoisotopic (exact) mass is 248 g/mol. The topological polar surface area (TPSA) is 32.3 Å². The van der Waals surface area contributed by atoms with Crippen molar-refractivity contribution in [3.63, 3.8) is 0 Å². The predicted octanol–water partition coefficient (Wildman–Crippen LogP) is 1.51. The Balaban J connectivity index is 1.71. The Morgan fingerprint density at radius 1 is 1.22 bits per heavy atom. The van der Waals surface area contributed by atoms with Gasteiger partial charge in [-0.25, -0.2) is 4.39 Å². The highest BCUT2D eigenvalue weighted by Gasteiger charge is 2.34. The highest BCUT2D eigenvalue weighted by Crippen LogP contribution is 2.27. The summed E-state index contributed by atoms with van der Waals surface area (Å²) in [5.74, 6) is 1.04. The van der Waals surface area contributed by atoms with Crippen LogP contribution in [0.25, 0.3) is 0 Å². The Morgan fingerprint density at radius 3 is 2.72 bits per heavy atom. The normalized spacial score (nSPS) is 27.1. The van der Waals surface area contributed by atoms with Crippen molar-refractivity contribution in [3.8, 4) is 0 Å². The number of rotatable bonds is 1. The van der Waals surface area contributed by atoms with E-state index in [1.54, 1.807) is 12.1 Å². The molecule has 4 heteroatoms. The molecule has 2 fully saturated rings. The second kappa shape index (κ2) is 4.69. The fourth-order valence-electron chi connectivity index (χ4n) is 2.99. The summed E-state index contributed by atoms with van der Waals surface area (Å²) in [6.07, 6.45) is 1.07. The van der Waals surface area contributed by atoms with Crippen LogP contribution in [-0.4, -0.2) is 37.0 Å². The zero-order chi connectivity index (χ0) is 12.5. The number of hydrogen-bond donors (Lipinski definition) is 1. The molecular formula is C14H17FN2O. The summed E-state index contributed by atoms with van der Waals surface area (Å²) in [5, 5.41) is 3.38. The second-order valence-corrected chi connectivity index (χ2v) is 5.23. The first kappa shape index (κ1) is 11.7. The number of piperidine rings is 1. The number of nitrogens with zero attached hydrogens (tertiary/aromatic N) is 1. The molecule has 3 nitrogen and oxygen atoms in total. The SMILES string of the molecule is O=C(c1ccc(F)cc1)N1CCC2CNCC2C1. The Kier molecular flexibility index (Phi) is 3.04. The third-order valence-corrected chi connectivity index (χ3v) is 4.08. The fourth-order valence-corrected chi connectivity index (χ4v) is 2.99. The summed E-state index contributed by atoms with van der Waals surface area (Å²) in [4.78, 5) is 14.2. The van der Waals surface area contributed by atoms with Gasteiger partial charge in [-0.1, -0.05) is 0 Å². The van der Waals surface area contributed by atoms with Crippen LogP contribution >= 0.6 is 0 Å². The van der Waals surface area contributed by atoms with Crippen LogP contribution in [0.2, 0.25) is 0 Å². The number of nitrogens with one attached hydrogen (secondary N) is 1. The molecule has 2 atom stereocenters. The van der Waals surface area contributed by atoms with Crippen molar-refractivity contribution >= 4 is 5.91 Å². The van der Waals surface area contributed by atoms with E-state index in [1.807, 2.05) is 4.90 Å². The van der Waals surface area contributed by atoms with Crippen molar-refractivity contribution in [2.45, 2.75) is 6.42 Å². The maximum Gasteiger partial charge on any atom is 0.253 e. The van der Waals surface area contributed by atoms with Crippen LogP contribution in [0.5, 0.6) is 0 Å². The molecule has 2 aliphatic rings. The highest BCUT2D eigenvalue weighted by atomic mass is 19.1. The molecule has 18 heavy (non-hydrogen) atoms. The van der Waals surface area contributed by atoms with Crippen molar-refractivity contribution < 1.29 is 9.18 Å². The van der Waals surface area contributed by atoms with E-state index in [0.717, 1.165) is 38.5 Å². The van der Waals surface area contributed by atoms with Crippen molar-refractivity contribution in [3.05, 3.63) is 35.6 Å². The first-order valence-corrected chi connectivity index (χ1v) is 6.49. The molecule has 0 saturated carbocycles. The largest absolute Gasteiger partial charge is 0.338 e. The van der Waals surface area contributed by atoms with Crippen LogP contribution in [0.3, 0.4) is 0 Å². The van der Waals surface area contributed by atoms with E-state index >= 15 is 0 Å². The molecule has 2 saturated heterocycles. The van der Waals surface area contributed by atoms with Crippen LogP contribution in [0.15, 0.2) is 24.3 Å². The Labute approximate surface area is 106 Å². The van der Waals surface area contributed by atoms with E-state index < -0.39 is 0 Å². The van der Waals surface area contributed by atoms with Gasteiger partial charge < -0.3 is 10.2 Å². The smallest absolute Gasteiger partial charge is 0.253 e. The average molecular weight is 248 g/mol. The van der Waals surface area contributed by atoms with E-state index in [2.05, 4.69) is 5.32 Å². The first-order valence-electron chi connectivity index (χ1n) is 6.49. The molecule has 0 bridgehead atoms. The Morgan fingerprint density at radius 2 is 1.94 bits per heavy atom. The van der Waals surface area contributed by atoms with E-state index in [1.165, 1.54) is 12.1 Å². The molecule has 0 spiro atoms. The lowest BCUT2D eigenvalue weighted by atomic mass is 9.88. The van der Waals surface area contributed by atoms with E-state index in [4.69, 9.17) is 0 Å². The van der Waals surface area contributed by atoms with Crippen LogP contribution in [0.1, 0.15) is 16.8 Å². The standard InChI is InChI=1S/C14H17FN2O/c15-13-3-1-10(2-4-13)14(18)17-6-5-11-7-16-8-12(11)9-17/h1-4,11-12,16H,5-9H2. The second-order valence-electron chi connectivity index (χ2n) is 5.23. The van der Waals surface area contributed by atoms with Gasteiger partial charge in [-0.05, 0) is 55.6 Å². The minimum absolute atomic E-state index is 0.0281. The summed E-state index contributed by atoms with van der Waals surface area (Å²) in [7, 11) is 0. The average Bonchev–Trinajstić information content (AvgIpc) is 2.86. The molecular weight excluding hydrogens is 231 g/mol. The maximum atomic E-state index is 12.8. The van der Waals surface area contributed by atoms with Gasteiger partial charge in [-0.15, -0.1) is 0 Å². The molecule has 2 aliphatic heterocycles. The summed E-state index contributed by atoms with van der Waals surface area (Å²) >= 11 is 0. The zero-order valence-electron chi connectivity index (χ0n) is 10.2. The number of benzene rings is 1. The maximum absolute atomic E-state index is 12.8. The molecule has 1 aromatic rings. The number of likely N-dealkylation sites (tertiary alicyclic amines) is 1. The van der Waals surface area contributed by atoms with E-state index in [0.29, 0.717) is 11.5 Å². The molecule has 0 aromatic heterocycles. The van der Waals surface area contributed by atoms with Crippen LogP contribution < -0.4 is 5.32 Å². The van der Waals surface area contributed by atoms with Crippen molar-refractivity contribution in [1.29, 1.82) is 0 Å². The van der Waals surface area contributed by atoms with Crippen molar-refractivity contribution in [1.82, 2.24) is 10.2 Å². The lowest BCUT2D eigenvalue weighted by Crippen LogP contribution is -2.43. The molecule has 1 N–H and O–H groups in total.